The van der Waals surface area contributed by atoms with E-state index in [1.54, 1.807) is 6.07 Å². The number of benzene rings is 1. The lowest BCUT2D eigenvalue weighted by Crippen LogP contribution is -2.40. The molecule has 2 N–H and O–H groups in total. The maximum Gasteiger partial charge on any atom is 0.179 e. The first-order chi connectivity index (χ1) is 9.25. The van der Waals surface area contributed by atoms with E-state index in [2.05, 4.69) is 22.3 Å². The monoisotopic (exact) mass is 262 g/mol. The summed E-state index contributed by atoms with van der Waals surface area (Å²) in [6, 6.07) is 4.05. The second-order valence-electron chi connectivity index (χ2n) is 5.06. The van der Waals surface area contributed by atoms with Gasteiger partial charge in [-0.3, -0.25) is 0 Å². The number of piperidine rings is 1. The van der Waals surface area contributed by atoms with Crippen molar-refractivity contribution in [3.05, 3.63) is 12.1 Å². The molecule has 102 valence electrons. The molecule has 1 aromatic heterocycles. The highest BCUT2D eigenvalue weighted by atomic mass is 16.6. The minimum Gasteiger partial charge on any atom is -0.489 e. The van der Waals surface area contributed by atoms with E-state index < -0.39 is 0 Å². The first-order valence-electron chi connectivity index (χ1n) is 6.59. The molecule has 1 aliphatic heterocycles. The van der Waals surface area contributed by atoms with Crippen LogP contribution >= 0.6 is 0 Å². The molecule has 1 atom stereocenters. The van der Waals surface area contributed by atoms with Crippen LogP contribution in [0.3, 0.4) is 0 Å². The predicted octanol–water partition coefficient (Wildman–Crippen LogP) is 1.67. The number of aromatic nitrogens is 2. The van der Waals surface area contributed by atoms with Crippen LogP contribution in [0.5, 0.6) is 5.75 Å². The topological polar surface area (TPSA) is 77.4 Å². The maximum absolute atomic E-state index is 5.88. The minimum absolute atomic E-state index is 0.459. The Morgan fingerprint density at radius 2 is 2.21 bits per heavy atom. The van der Waals surface area contributed by atoms with Gasteiger partial charge in [-0.25, -0.2) is 4.63 Å². The Bertz CT molecular complexity index is 569. The van der Waals surface area contributed by atoms with Crippen molar-refractivity contribution >= 4 is 16.7 Å². The van der Waals surface area contributed by atoms with E-state index in [0.29, 0.717) is 35.1 Å². The summed E-state index contributed by atoms with van der Waals surface area (Å²) in [5, 5.41) is 7.64. The summed E-state index contributed by atoms with van der Waals surface area (Å²) in [6.07, 6.45) is 3.71. The largest absolute Gasteiger partial charge is 0.489 e. The lowest BCUT2D eigenvalue weighted by molar-refractivity contribution is 0.125. The Morgan fingerprint density at radius 1 is 1.37 bits per heavy atom. The lowest BCUT2D eigenvalue weighted by Gasteiger charge is -2.32. The van der Waals surface area contributed by atoms with Gasteiger partial charge in [-0.1, -0.05) is 6.42 Å². The molecule has 1 unspecified atom stereocenters. The number of nitrogens with zero attached hydrogens (tertiary/aromatic N) is 3. The van der Waals surface area contributed by atoms with Crippen molar-refractivity contribution < 1.29 is 9.37 Å². The molecule has 0 aliphatic carbocycles. The summed E-state index contributed by atoms with van der Waals surface area (Å²) < 4.78 is 10.6. The van der Waals surface area contributed by atoms with Crippen molar-refractivity contribution in [3.8, 4) is 5.75 Å². The standard InChI is InChI=1S/C13H18N4O2/c1-17-7-3-2-4-9(17)8-18-11-6-5-10(14)12-13(11)16-19-15-12/h5-6,9H,2-4,7-8,14H2,1H3. The first kappa shape index (κ1) is 12.2. The summed E-state index contributed by atoms with van der Waals surface area (Å²) in [4.78, 5) is 2.35. The molecule has 1 aliphatic rings. The highest BCUT2D eigenvalue weighted by molar-refractivity contribution is 5.90. The molecular formula is C13H18N4O2. The quantitative estimate of drug-likeness (QED) is 0.848. The summed E-state index contributed by atoms with van der Waals surface area (Å²) >= 11 is 0. The molecule has 0 bridgehead atoms. The Balaban J connectivity index is 1.75. The van der Waals surface area contributed by atoms with Crippen molar-refractivity contribution in [3.63, 3.8) is 0 Å². The van der Waals surface area contributed by atoms with E-state index in [-0.39, 0.29) is 0 Å². The Labute approximate surface area is 111 Å². The van der Waals surface area contributed by atoms with Crippen LogP contribution in [-0.4, -0.2) is 41.5 Å². The second kappa shape index (κ2) is 5.05. The third-order valence-electron chi connectivity index (χ3n) is 3.76. The van der Waals surface area contributed by atoms with Gasteiger partial charge in [-0.05, 0) is 48.9 Å². The Kier molecular flexibility index (Phi) is 3.25. The number of ether oxygens (including phenoxy) is 1. The number of likely N-dealkylation sites (tertiary alicyclic amines) is 1. The molecule has 0 saturated carbocycles. The predicted molar refractivity (Wildman–Crippen MR) is 72.0 cm³/mol. The van der Waals surface area contributed by atoms with Crippen LogP contribution in [0.15, 0.2) is 16.8 Å². The number of fused-ring (bicyclic) bond motifs is 1. The Hall–Kier alpha value is -1.82. The van der Waals surface area contributed by atoms with Crippen molar-refractivity contribution in [1.29, 1.82) is 0 Å². The summed E-state index contributed by atoms with van der Waals surface area (Å²) in [7, 11) is 2.14. The molecule has 2 heterocycles. The average Bonchev–Trinajstić information content (AvgIpc) is 2.90. The van der Waals surface area contributed by atoms with Gasteiger partial charge >= 0.3 is 0 Å². The first-order valence-corrected chi connectivity index (χ1v) is 6.59. The van der Waals surface area contributed by atoms with Gasteiger partial charge in [0.1, 0.15) is 6.61 Å². The average molecular weight is 262 g/mol. The van der Waals surface area contributed by atoms with Gasteiger partial charge in [0.15, 0.2) is 16.8 Å². The van der Waals surface area contributed by atoms with E-state index in [4.69, 9.17) is 15.1 Å². The number of rotatable bonds is 3. The zero-order valence-corrected chi connectivity index (χ0v) is 11.0. The number of nitrogens with two attached hydrogens (primary N) is 1. The third kappa shape index (κ3) is 2.35. The SMILES string of the molecule is CN1CCCCC1COc1ccc(N)c2nonc12. The van der Waals surface area contributed by atoms with Gasteiger partial charge in [-0.15, -0.1) is 0 Å². The van der Waals surface area contributed by atoms with Crippen LogP contribution in [0.1, 0.15) is 19.3 Å². The van der Waals surface area contributed by atoms with E-state index >= 15 is 0 Å². The van der Waals surface area contributed by atoms with Crippen LogP contribution < -0.4 is 10.5 Å². The number of anilines is 1. The van der Waals surface area contributed by atoms with Crippen LogP contribution in [0.4, 0.5) is 5.69 Å². The van der Waals surface area contributed by atoms with Gasteiger partial charge in [0.05, 0.1) is 5.69 Å². The van der Waals surface area contributed by atoms with E-state index in [1.165, 1.54) is 19.3 Å². The summed E-state index contributed by atoms with van der Waals surface area (Å²) in [5.41, 5.74) is 7.52. The number of hydrogen-bond acceptors (Lipinski definition) is 6. The molecule has 6 heteroatoms. The van der Waals surface area contributed by atoms with Gasteiger partial charge in [0.2, 0.25) is 0 Å². The molecular weight excluding hydrogens is 244 g/mol. The molecule has 2 aromatic rings. The molecule has 0 radical (unpaired) electrons. The van der Waals surface area contributed by atoms with Crippen LogP contribution in [-0.2, 0) is 0 Å². The minimum atomic E-state index is 0.459. The smallest absolute Gasteiger partial charge is 0.179 e. The normalized spacial score (nSPS) is 20.8. The number of nitrogen functional groups attached to an aromatic ring is 1. The molecule has 1 saturated heterocycles. The fraction of sp³-hybridized carbons (Fsp3) is 0.538. The van der Waals surface area contributed by atoms with Gasteiger partial charge in [-0.2, -0.15) is 0 Å². The van der Waals surface area contributed by atoms with Crippen LogP contribution in [0.25, 0.3) is 11.0 Å². The fourth-order valence-corrected chi connectivity index (χ4v) is 2.52. The maximum atomic E-state index is 5.88. The van der Waals surface area contributed by atoms with Crippen molar-refractivity contribution in [2.24, 2.45) is 0 Å². The molecule has 1 aromatic carbocycles. The molecule has 3 rings (SSSR count). The number of likely N-dealkylation sites (N-methyl/N-ethyl adjacent to an activating group) is 1. The summed E-state index contributed by atoms with van der Waals surface area (Å²) in [6.45, 7) is 1.79. The Morgan fingerprint density at radius 3 is 3.05 bits per heavy atom. The van der Waals surface area contributed by atoms with Gasteiger partial charge in [0.25, 0.3) is 0 Å². The van der Waals surface area contributed by atoms with Crippen LogP contribution in [0, 0.1) is 0 Å². The van der Waals surface area contributed by atoms with E-state index in [1.807, 2.05) is 6.07 Å². The lowest BCUT2D eigenvalue weighted by atomic mass is 10.0. The fourth-order valence-electron chi connectivity index (χ4n) is 2.52. The zero-order chi connectivity index (χ0) is 13.2. The molecule has 0 amide bonds. The highest BCUT2D eigenvalue weighted by Gasteiger charge is 2.20. The van der Waals surface area contributed by atoms with Gasteiger partial charge in [0, 0.05) is 6.04 Å². The van der Waals surface area contributed by atoms with Crippen molar-refractivity contribution in [2.45, 2.75) is 25.3 Å². The summed E-state index contributed by atoms with van der Waals surface area (Å²) in [5.74, 6) is 0.685. The second-order valence-corrected chi connectivity index (χ2v) is 5.06. The van der Waals surface area contributed by atoms with Gasteiger partial charge < -0.3 is 15.4 Å². The molecule has 19 heavy (non-hydrogen) atoms. The third-order valence-corrected chi connectivity index (χ3v) is 3.76. The van der Waals surface area contributed by atoms with Crippen molar-refractivity contribution in [1.82, 2.24) is 15.2 Å². The van der Waals surface area contributed by atoms with Crippen molar-refractivity contribution in [2.75, 3.05) is 25.9 Å². The zero-order valence-electron chi connectivity index (χ0n) is 11.0. The van der Waals surface area contributed by atoms with E-state index in [0.717, 1.165) is 6.54 Å². The molecule has 1 fully saturated rings. The number of hydrogen-bond donors (Lipinski definition) is 1. The highest BCUT2D eigenvalue weighted by Crippen LogP contribution is 2.27. The van der Waals surface area contributed by atoms with Crippen LogP contribution in [0.2, 0.25) is 0 Å². The molecule has 6 nitrogen and oxygen atoms in total. The van der Waals surface area contributed by atoms with E-state index in [9.17, 15) is 0 Å². The molecule has 0 spiro atoms.